The predicted molar refractivity (Wildman–Crippen MR) is 47.3 cm³/mol. The van der Waals surface area contributed by atoms with E-state index in [0.717, 1.165) is 6.92 Å². The summed E-state index contributed by atoms with van der Waals surface area (Å²) in [6.45, 7) is 0.806. The number of rotatable bonds is 2. The number of pyridine rings is 1. The first-order chi connectivity index (χ1) is 8.43. The second-order valence-electron chi connectivity index (χ2n) is 3.24. The highest BCUT2D eigenvalue weighted by molar-refractivity contribution is 5.51. The second kappa shape index (κ2) is 4.55. The van der Waals surface area contributed by atoms with Crippen LogP contribution in [0.4, 0.5) is 32.0 Å². The molecule has 0 bridgehead atoms. The SMILES string of the molecule is Cc1ncc([N+](=O)[O-])c(C(F)(F)F)c1OC(F)(F)F. The molecule has 0 radical (unpaired) electrons. The fourth-order valence-corrected chi connectivity index (χ4v) is 1.23. The molecule has 106 valence electrons. The Bertz CT molecular complexity index is 510. The zero-order chi connectivity index (χ0) is 15.0. The van der Waals surface area contributed by atoms with E-state index in [4.69, 9.17) is 0 Å². The Balaban J connectivity index is 3.59. The molecule has 0 aliphatic rings. The third kappa shape index (κ3) is 3.45. The van der Waals surface area contributed by atoms with Gasteiger partial charge in [-0.3, -0.25) is 15.1 Å². The van der Waals surface area contributed by atoms with Crippen molar-refractivity contribution >= 4 is 5.69 Å². The Hall–Kier alpha value is -2.07. The molecule has 0 aliphatic carbocycles. The largest absolute Gasteiger partial charge is 0.573 e. The molecule has 0 aliphatic heterocycles. The highest BCUT2D eigenvalue weighted by Crippen LogP contribution is 2.44. The van der Waals surface area contributed by atoms with E-state index in [-0.39, 0.29) is 6.20 Å². The van der Waals surface area contributed by atoms with Gasteiger partial charge in [0.1, 0.15) is 6.20 Å². The molecule has 1 rings (SSSR count). The summed E-state index contributed by atoms with van der Waals surface area (Å²) < 4.78 is 77.2. The molecule has 5 nitrogen and oxygen atoms in total. The van der Waals surface area contributed by atoms with Gasteiger partial charge in [0, 0.05) is 0 Å². The van der Waals surface area contributed by atoms with E-state index in [1.54, 1.807) is 0 Å². The van der Waals surface area contributed by atoms with Gasteiger partial charge in [-0.25, -0.2) is 0 Å². The van der Waals surface area contributed by atoms with E-state index in [1.807, 2.05) is 0 Å². The van der Waals surface area contributed by atoms with Gasteiger partial charge in [-0.05, 0) is 6.92 Å². The number of ether oxygens (including phenoxy) is 1. The zero-order valence-electron chi connectivity index (χ0n) is 8.96. The second-order valence-corrected chi connectivity index (χ2v) is 3.24. The summed E-state index contributed by atoms with van der Waals surface area (Å²) in [6.07, 6.45) is -10.6. The van der Waals surface area contributed by atoms with Crippen molar-refractivity contribution in [3.8, 4) is 5.75 Å². The van der Waals surface area contributed by atoms with E-state index in [0.29, 0.717) is 0 Å². The van der Waals surface area contributed by atoms with Gasteiger partial charge in [-0.15, -0.1) is 13.2 Å². The first-order valence-electron chi connectivity index (χ1n) is 4.40. The summed E-state index contributed by atoms with van der Waals surface area (Å²) >= 11 is 0. The summed E-state index contributed by atoms with van der Waals surface area (Å²) in [5.74, 6) is -1.73. The fraction of sp³-hybridized carbons (Fsp3) is 0.375. The van der Waals surface area contributed by atoms with Gasteiger partial charge in [0.25, 0.3) is 0 Å². The van der Waals surface area contributed by atoms with E-state index < -0.39 is 40.2 Å². The van der Waals surface area contributed by atoms with E-state index >= 15 is 0 Å². The van der Waals surface area contributed by atoms with Crippen LogP contribution in [0.3, 0.4) is 0 Å². The Morgan fingerprint density at radius 1 is 1.26 bits per heavy atom. The molecule has 0 atom stereocenters. The van der Waals surface area contributed by atoms with Crippen molar-refractivity contribution in [1.29, 1.82) is 0 Å². The van der Waals surface area contributed by atoms with Gasteiger partial charge >= 0.3 is 18.2 Å². The Morgan fingerprint density at radius 2 is 1.79 bits per heavy atom. The van der Waals surface area contributed by atoms with Crippen LogP contribution in [0, 0.1) is 17.0 Å². The van der Waals surface area contributed by atoms with Crippen LogP contribution in [0.1, 0.15) is 11.3 Å². The lowest BCUT2D eigenvalue weighted by atomic mass is 10.1. The third-order valence-electron chi connectivity index (χ3n) is 1.89. The lowest BCUT2D eigenvalue weighted by molar-refractivity contribution is -0.388. The maximum atomic E-state index is 12.6. The smallest absolute Gasteiger partial charge is 0.403 e. The van der Waals surface area contributed by atoms with Crippen molar-refractivity contribution in [2.75, 3.05) is 0 Å². The van der Waals surface area contributed by atoms with Crippen LogP contribution in [0.5, 0.6) is 5.75 Å². The molecule has 0 spiro atoms. The van der Waals surface area contributed by atoms with Crippen LogP contribution in [-0.2, 0) is 6.18 Å². The molecule has 11 heteroatoms. The van der Waals surface area contributed by atoms with Gasteiger partial charge in [0.05, 0.1) is 10.6 Å². The van der Waals surface area contributed by atoms with Crippen molar-refractivity contribution in [2.24, 2.45) is 0 Å². The fourth-order valence-electron chi connectivity index (χ4n) is 1.23. The highest BCUT2D eigenvalue weighted by atomic mass is 19.4. The molecule has 0 saturated heterocycles. The summed E-state index contributed by atoms with van der Waals surface area (Å²) in [6, 6.07) is 0. The van der Waals surface area contributed by atoms with Gasteiger partial charge in [0.2, 0.25) is 0 Å². The van der Waals surface area contributed by atoms with Gasteiger partial charge in [-0.1, -0.05) is 0 Å². The van der Waals surface area contributed by atoms with Crippen LogP contribution in [0.15, 0.2) is 6.20 Å². The van der Waals surface area contributed by atoms with Crippen LogP contribution >= 0.6 is 0 Å². The van der Waals surface area contributed by atoms with Crippen molar-refractivity contribution in [1.82, 2.24) is 4.98 Å². The van der Waals surface area contributed by atoms with E-state index in [1.165, 1.54) is 0 Å². The first kappa shape index (κ1) is 15.0. The summed E-state index contributed by atoms with van der Waals surface area (Å²) in [5, 5.41) is 10.4. The molecular weight excluding hydrogens is 286 g/mol. The predicted octanol–water partition coefficient (Wildman–Crippen LogP) is 3.22. The molecule has 0 amide bonds. The number of alkyl halides is 6. The Kier molecular flexibility index (Phi) is 3.59. The zero-order valence-corrected chi connectivity index (χ0v) is 8.96. The van der Waals surface area contributed by atoms with Gasteiger partial charge < -0.3 is 4.74 Å². The molecule has 0 aromatic carbocycles. The monoisotopic (exact) mass is 290 g/mol. The minimum atomic E-state index is -5.43. The average Bonchev–Trinajstić information content (AvgIpc) is 2.16. The summed E-state index contributed by atoms with van der Waals surface area (Å²) in [4.78, 5) is 12.0. The van der Waals surface area contributed by atoms with Crippen molar-refractivity contribution in [3.05, 3.63) is 27.6 Å². The quantitative estimate of drug-likeness (QED) is 0.476. The van der Waals surface area contributed by atoms with Crippen LogP contribution < -0.4 is 4.74 Å². The van der Waals surface area contributed by atoms with Crippen molar-refractivity contribution in [2.45, 2.75) is 19.5 Å². The summed E-state index contributed by atoms with van der Waals surface area (Å²) in [5.41, 5.74) is -4.50. The lowest BCUT2D eigenvalue weighted by Crippen LogP contribution is -2.22. The topological polar surface area (TPSA) is 65.3 Å². The maximum absolute atomic E-state index is 12.6. The van der Waals surface area contributed by atoms with Crippen LogP contribution in [0.25, 0.3) is 0 Å². The average molecular weight is 290 g/mol. The molecule has 0 N–H and O–H groups in total. The number of aromatic nitrogens is 1. The van der Waals surface area contributed by atoms with Crippen LogP contribution in [0.2, 0.25) is 0 Å². The minimum absolute atomic E-state index is 0.224. The number of aryl methyl sites for hydroxylation is 1. The standard InChI is InChI=1S/C8H4F6N2O3/c1-3-6(19-8(12,13)14)5(7(9,10)11)4(2-15-3)16(17)18/h2H,1H3. The molecule has 0 saturated carbocycles. The van der Waals surface area contributed by atoms with Crippen molar-refractivity contribution < 1.29 is 36.0 Å². The van der Waals surface area contributed by atoms with Gasteiger partial charge in [0.15, 0.2) is 11.3 Å². The number of hydrogen-bond acceptors (Lipinski definition) is 4. The molecule has 0 unspecified atom stereocenters. The normalized spacial score (nSPS) is 12.4. The van der Waals surface area contributed by atoms with E-state index in [9.17, 15) is 36.5 Å². The molecule has 1 aromatic rings. The Morgan fingerprint density at radius 3 is 2.16 bits per heavy atom. The Labute approximate surface area is 101 Å². The maximum Gasteiger partial charge on any atom is 0.573 e. The molecular formula is C8H4F6N2O3. The van der Waals surface area contributed by atoms with Crippen LogP contribution in [-0.4, -0.2) is 16.3 Å². The van der Waals surface area contributed by atoms with Gasteiger partial charge in [-0.2, -0.15) is 13.2 Å². The molecule has 19 heavy (non-hydrogen) atoms. The summed E-state index contributed by atoms with van der Waals surface area (Å²) in [7, 11) is 0. The number of nitrogens with zero attached hydrogens (tertiary/aromatic N) is 2. The minimum Gasteiger partial charge on any atom is -0.403 e. The number of hydrogen-bond donors (Lipinski definition) is 0. The molecule has 1 aromatic heterocycles. The lowest BCUT2D eigenvalue weighted by Gasteiger charge is -2.16. The third-order valence-corrected chi connectivity index (χ3v) is 1.89. The number of halogens is 6. The van der Waals surface area contributed by atoms with E-state index in [2.05, 4.69) is 9.72 Å². The molecule has 1 heterocycles. The number of nitro groups is 1. The first-order valence-corrected chi connectivity index (χ1v) is 4.40. The highest BCUT2D eigenvalue weighted by Gasteiger charge is 2.46. The van der Waals surface area contributed by atoms with Crippen molar-refractivity contribution in [3.63, 3.8) is 0 Å². The molecule has 0 fully saturated rings.